The van der Waals surface area contributed by atoms with E-state index in [1.807, 2.05) is 26.0 Å². The molecule has 0 bridgehead atoms. The molecule has 0 N–H and O–H groups in total. The average Bonchev–Trinajstić information content (AvgIpc) is 2.08. The van der Waals surface area contributed by atoms with E-state index in [4.69, 9.17) is 0 Å². The zero-order valence-electron chi connectivity index (χ0n) is 8.05. The lowest BCUT2D eigenvalue weighted by Crippen LogP contribution is -2.11. The molecule has 0 aliphatic rings. The fraction of sp³-hybridized carbons (Fsp3) is 0.273. The predicted molar refractivity (Wildman–Crippen MR) is 50.9 cm³/mol. The molecule has 68 valence electrons. The van der Waals surface area contributed by atoms with E-state index >= 15 is 0 Å². The third-order valence-electron chi connectivity index (χ3n) is 1.96. The van der Waals surface area contributed by atoms with Crippen LogP contribution in [0.1, 0.15) is 28.4 Å². The number of hydrogen-bond donors (Lipinski definition) is 0. The SMILES string of the molecule is CC(=O)C(=O)c1cc(C)ccc1C. The molecule has 13 heavy (non-hydrogen) atoms. The molecule has 0 unspecified atom stereocenters. The summed E-state index contributed by atoms with van der Waals surface area (Å²) in [5.74, 6) is -0.810. The van der Waals surface area contributed by atoms with Crippen molar-refractivity contribution in [2.75, 3.05) is 0 Å². The molecule has 0 aliphatic carbocycles. The fourth-order valence-corrected chi connectivity index (χ4v) is 1.17. The molecule has 0 saturated carbocycles. The second-order valence-corrected chi connectivity index (χ2v) is 3.20. The normalized spacial score (nSPS) is 9.77. The largest absolute Gasteiger partial charge is 0.291 e. The van der Waals surface area contributed by atoms with Crippen LogP contribution in [0.4, 0.5) is 0 Å². The molecule has 0 radical (unpaired) electrons. The second-order valence-electron chi connectivity index (χ2n) is 3.20. The highest BCUT2D eigenvalue weighted by atomic mass is 16.2. The third kappa shape index (κ3) is 2.02. The van der Waals surface area contributed by atoms with Gasteiger partial charge in [0.2, 0.25) is 5.78 Å². The van der Waals surface area contributed by atoms with Gasteiger partial charge in [0.05, 0.1) is 0 Å². The van der Waals surface area contributed by atoms with E-state index in [0.29, 0.717) is 5.56 Å². The Balaban J connectivity index is 3.21. The third-order valence-corrected chi connectivity index (χ3v) is 1.96. The summed E-state index contributed by atoms with van der Waals surface area (Å²) in [5, 5.41) is 0. The van der Waals surface area contributed by atoms with Gasteiger partial charge in [0.1, 0.15) is 0 Å². The van der Waals surface area contributed by atoms with Gasteiger partial charge in [-0.2, -0.15) is 0 Å². The molecule has 1 aromatic rings. The average molecular weight is 176 g/mol. The van der Waals surface area contributed by atoms with E-state index in [9.17, 15) is 9.59 Å². The molecule has 1 aromatic carbocycles. The zero-order valence-corrected chi connectivity index (χ0v) is 8.05. The molecular formula is C11H12O2. The van der Waals surface area contributed by atoms with Gasteiger partial charge >= 0.3 is 0 Å². The van der Waals surface area contributed by atoms with Crippen molar-refractivity contribution >= 4 is 11.6 Å². The summed E-state index contributed by atoms with van der Waals surface area (Å²) in [7, 11) is 0. The number of Topliss-reactive ketones (excluding diaryl/α,β-unsaturated/α-hetero) is 2. The van der Waals surface area contributed by atoms with E-state index in [1.54, 1.807) is 6.07 Å². The molecule has 0 saturated heterocycles. The lowest BCUT2D eigenvalue weighted by Gasteiger charge is -2.02. The highest BCUT2D eigenvalue weighted by molar-refractivity contribution is 6.43. The first-order chi connectivity index (χ1) is 6.02. The Hall–Kier alpha value is -1.44. The van der Waals surface area contributed by atoms with Crippen molar-refractivity contribution in [3.8, 4) is 0 Å². The quantitative estimate of drug-likeness (QED) is 0.510. The number of carbonyl (C=O) groups is 2. The molecule has 0 atom stereocenters. The van der Waals surface area contributed by atoms with Crippen LogP contribution < -0.4 is 0 Å². The lowest BCUT2D eigenvalue weighted by molar-refractivity contribution is -0.113. The topological polar surface area (TPSA) is 34.1 Å². The summed E-state index contributed by atoms with van der Waals surface area (Å²) in [6, 6.07) is 5.52. The van der Waals surface area contributed by atoms with Gasteiger partial charge in [-0.3, -0.25) is 9.59 Å². The summed E-state index contributed by atoms with van der Waals surface area (Å²) < 4.78 is 0. The summed E-state index contributed by atoms with van der Waals surface area (Å²) >= 11 is 0. The van der Waals surface area contributed by atoms with Crippen LogP contribution in [0.5, 0.6) is 0 Å². The molecule has 0 amide bonds. The summed E-state index contributed by atoms with van der Waals surface area (Å²) in [6.07, 6.45) is 0. The van der Waals surface area contributed by atoms with E-state index in [-0.39, 0.29) is 0 Å². The summed E-state index contributed by atoms with van der Waals surface area (Å²) in [5.41, 5.74) is 2.37. The maximum absolute atomic E-state index is 11.4. The van der Waals surface area contributed by atoms with Gasteiger partial charge in [0.25, 0.3) is 0 Å². The molecule has 1 rings (SSSR count). The molecular weight excluding hydrogens is 164 g/mol. The second kappa shape index (κ2) is 3.52. The highest BCUT2D eigenvalue weighted by Crippen LogP contribution is 2.11. The Bertz CT molecular complexity index is 364. The van der Waals surface area contributed by atoms with Crippen molar-refractivity contribution < 1.29 is 9.59 Å². The maximum atomic E-state index is 11.4. The first kappa shape index (κ1) is 9.65. The standard InChI is InChI=1S/C11H12O2/c1-7-4-5-8(2)10(6-7)11(13)9(3)12/h4-6H,1-3H3. The van der Waals surface area contributed by atoms with E-state index in [0.717, 1.165) is 11.1 Å². The highest BCUT2D eigenvalue weighted by Gasteiger charge is 2.13. The van der Waals surface area contributed by atoms with Crippen LogP contribution in [0, 0.1) is 13.8 Å². The van der Waals surface area contributed by atoms with Gasteiger partial charge in [0.15, 0.2) is 5.78 Å². The first-order valence-corrected chi connectivity index (χ1v) is 4.15. The molecule has 0 aliphatic heterocycles. The fourth-order valence-electron chi connectivity index (χ4n) is 1.17. The van der Waals surface area contributed by atoms with E-state index < -0.39 is 11.6 Å². The van der Waals surface area contributed by atoms with Gasteiger partial charge in [-0.05, 0) is 25.5 Å². The van der Waals surface area contributed by atoms with Crippen LogP contribution in [0.2, 0.25) is 0 Å². The molecule has 2 nitrogen and oxygen atoms in total. The van der Waals surface area contributed by atoms with E-state index in [2.05, 4.69) is 0 Å². The number of carbonyl (C=O) groups excluding carboxylic acids is 2. The van der Waals surface area contributed by atoms with Crippen LogP contribution in [0.25, 0.3) is 0 Å². The summed E-state index contributed by atoms with van der Waals surface area (Å²) in [4.78, 5) is 22.2. The number of ketones is 2. The Kier molecular flexibility index (Phi) is 2.61. The minimum atomic E-state index is -0.409. The van der Waals surface area contributed by atoms with Crippen LogP contribution in [-0.2, 0) is 4.79 Å². The van der Waals surface area contributed by atoms with Crippen molar-refractivity contribution in [3.05, 3.63) is 34.9 Å². The van der Waals surface area contributed by atoms with Crippen LogP contribution in [-0.4, -0.2) is 11.6 Å². The minimum Gasteiger partial charge on any atom is -0.291 e. The lowest BCUT2D eigenvalue weighted by atomic mass is 10.0. The molecule has 2 heteroatoms. The predicted octanol–water partition coefficient (Wildman–Crippen LogP) is 2.08. The van der Waals surface area contributed by atoms with Crippen LogP contribution in [0.3, 0.4) is 0 Å². The Morgan fingerprint density at radius 3 is 2.31 bits per heavy atom. The maximum Gasteiger partial charge on any atom is 0.228 e. The zero-order chi connectivity index (χ0) is 10.0. The smallest absolute Gasteiger partial charge is 0.228 e. The molecule has 0 fully saturated rings. The summed E-state index contributed by atoms with van der Waals surface area (Å²) in [6.45, 7) is 5.02. The van der Waals surface area contributed by atoms with Gasteiger partial charge < -0.3 is 0 Å². The Morgan fingerprint density at radius 1 is 1.15 bits per heavy atom. The van der Waals surface area contributed by atoms with Crippen LogP contribution >= 0.6 is 0 Å². The van der Waals surface area contributed by atoms with Gasteiger partial charge in [-0.25, -0.2) is 0 Å². The van der Waals surface area contributed by atoms with Crippen molar-refractivity contribution in [3.63, 3.8) is 0 Å². The van der Waals surface area contributed by atoms with Gasteiger partial charge in [-0.1, -0.05) is 17.7 Å². The van der Waals surface area contributed by atoms with Crippen molar-refractivity contribution in [2.24, 2.45) is 0 Å². The van der Waals surface area contributed by atoms with Gasteiger partial charge in [-0.15, -0.1) is 0 Å². The molecule has 0 aromatic heterocycles. The molecule has 0 spiro atoms. The number of benzene rings is 1. The van der Waals surface area contributed by atoms with E-state index in [1.165, 1.54) is 6.92 Å². The number of hydrogen-bond acceptors (Lipinski definition) is 2. The van der Waals surface area contributed by atoms with Crippen molar-refractivity contribution in [2.45, 2.75) is 20.8 Å². The number of rotatable bonds is 2. The molecule has 0 heterocycles. The monoisotopic (exact) mass is 176 g/mol. The Morgan fingerprint density at radius 2 is 1.77 bits per heavy atom. The minimum absolute atomic E-state index is 0.402. The Labute approximate surface area is 77.6 Å². The van der Waals surface area contributed by atoms with Crippen molar-refractivity contribution in [1.29, 1.82) is 0 Å². The van der Waals surface area contributed by atoms with Crippen LogP contribution in [0.15, 0.2) is 18.2 Å². The van der Waals surface area contributed by atoms with Crippen molar-refractivity contribution in [1.82, 2.24) is 0 Å². The van der Waals surface area contributed by atoms with Gasteiger partial charge in [0, 0.05) is 12.5 Å². The first-order valence-electron chi connectivity index (χ1n) is 4.15. The number of aryl methyl sites for hydroxylation is 2.